The summed E-state index contributed by atoms with van der Waals surface area (Å²) in [6.07, 6.45) is 4.02. The molecule has 3 heteroatoms. The first-order valence-corrected chi connectivity index (χ1v) is 6.35. The van der Waals surface area contributed by atoms with Crippen molar-refractivity contribution in [2.45, 2.75) is 52.1 Å². The maximum atomic E-state index is 12.1. The molecular weight excluding hydrogens is 202 g/mol. The van der Waals surface area contributed by atoms with Gasteiger partial charge in [-0.05, 0) is 26.2 Å². The fourth-order valence-corrected chi connectivity index (χ4v) is 2.52. The number of aliphatic hydroxyl groups is 1. The van der Waals surface area contributed by atoms with Crippen LogP contribution in [-0.2, 0) is 4.79 Å². The van der Waals surface area contributed by atoms with E-state index in [9.17, 15) is 9.90 Å². The van der Waals surface area contributed by atoms with E-state index in [1.807, 2.05) is 25.7 Å². The van der Waals surface area contributed by atoms with E-state index >= 15 is 0 Å². The number of nitrogens with zero attached hydrogens (tertiary/aromatic N) is 1. The molecule has 0 aromatic carbocycles. The predicted octanol–water partition coefficient (Wildman–Crippen LogP) is 1.80. The third-order valence-electron chi connectivity index (χ3n) is 4.68. The first-order valence-electron chi connectivity index (χ1n) is 6.35. The fraction of sp³-hybridized carbons (Fsp3) is 0.923. The minimum absolute atomic E-state index is 0.204. The average Bonchev–Trinajstić information content (AvgIpc) is 2.06. The molecule has 1 atom stereocenters. The minimum atomic E-state index is -0.649. The van der Waals surface area contributed by atoms with Crippen LogP contribution in [0.5, 0.6) is 0 Å². The van der Waals surface area contributed by atoms with Crippen molar-refractivity contribution in [3.63, 3.8) is 0 Å². The van der Waals surface area contributed by atoms with Gasteiger partial charge in [-0.1, -0.05) is 20.3 Å². The quantitative estimate of drug-likeness (QED) is 0.739. The molecular formula is C13H23NO2. The Morgan fingerprint density at radius 3 is 2.38 bits per heavy atom. The number of hydrogen-bond donors (Lipinski definition) is 1. The van der Waals surface area contributed by atoms with Gasteiger partial charge in [-0.15, -0.1) is 0 Å². The molecule has 92 valence electrons. The second-order valence-corrected chi connectivity index (χ2v) is 6.30. The highest BCUT2D eigenvalue weighted by Gasteiger charge is 2.46. The molecule has 0 radical (unpaired) electrons. The highest BCUT2D eigenvalue weighted by Crippen LogP contribution is 2.39. The van der Waals surface area contributed by atoms with Gasteiger partial charge in [0.1, 0.15) is 0 Å². The summed E-state index contributed by atoms with van der Waals surface area (Å²) in [5.41, 5.74) is -0.853. The Labute approximate surface area is 97.8 Å². The Kier molecular flexibility index (Phi) is 2.77. The normalized spacial score (nSPS) is 34.6. The van der Waals surface area contributed by atoms with Crippen LogP contribution in [0.1, 0.15) is 46.5 Å². The lowest BCUT2D eigenvalue weighted by Crippen LogP contribution is -2.58. The van der Waals surface area contributed by atoms with Gasteiger partial charge in [0.15, 0.2) is 0 Å². The maximum Gasteiger partial charge on any atom is 0.225 e. The maximum absolute atomic E-state index is 12.1. The van der Waals surface area contributed by atoms with Crippen LogP contribution in [-0.4, -0.2) is 34.6 Å². The molecule has 1 aliphatic heterocycles. The monoisotopic (exact) mass is 225 g/mol. The lowest BCUT2D eigenvalue weighted by atomic mass is 9.70. The smallest absolute Gasteiger partial charge is 0.225 e. The minimum Gasteiger partial charge on any atom is -0.389 e. The van der Waals surface area contributed by atoms with E-state index in [1.165, 1.54) is 6.42 Å². The molecule has 1 N–H and O–H groups in total. The average molecular weight is 225 g/mol. The van der Waals surface area contributed by atoms with Gasteiger partial charge in [0.2, 0.25) is 5.91 Å². The van der Waals surface area contributed by atoms with Crippen molar-refractivity contribution in [3.05, 3.63) is 0 Å². The summed E-state index contributed by atoms with van der Waals surface area (Å²) in [4.78, 5) is 14.1. The molecule has 0 bridgehead atoms. The lowest BCUT2D eigenvalue weighted by Gasteiger charge is -2.49. The van der Waals surface area contributed by atoms with Crippen LogP contribution in [0.15, 0.2) is 0 Å². The molecule has 1 aliphatic carbocycles. The van der Waals surface area contributed by atoms with Crippen LogP contribution in [0.4, 0.5) is 0 Å². The third kappa shape index (κ3) is 1.86. The van der Waals surface area contributed by atoms with Crippen molar-refractivity contribution in [2.75, 3.05) is 13.1 Å². The van der Waals surface area contributed by atoms with Crippen molar-refractivity contribution in [1.29, 1.82) is 0 Å². The van der Waals surface area contributed by atoms with Gasteiger partial charge in [0.25, 0.3) is 0 Å². The molecule has 0 aromatic heterocycles. The van der Waals surface area contributed by atoms with E-state index in [-0.39, 0.29) is 11.3 Å². The molecule has 1 amide bonds. The van der Waals surface area contributed by atoms with E-state index < -0.39 is 5.60 Å². The number of amides is 1. The SMILES string of the molecule is CC1(C)CN(C(=O)C2CCC2)CC[C@@]1(C)O. The summed E-state index contributed by atoms with van der Waals surface area (Å²) < 4.78 is 0. The highest BCUT2D eigenvalue weighted by atomic mass is 16.3. The van der Waals surface area contributed by atoms with Crippen molar-refractivity contribution in [1.82, 2.24) is 4.90 Å². The number of rotatable bonds is 1. The topological polar surface area (TPSA) is 40.5 Å². The number of hydrogen-bond acceptors (Lipinski definition) is 2. The van der Waals surface area contributed by atoms with Crippen molar-refractivity contribution in [2.24, 2.45) is 11.3 Å². The van der Waals surface area contributed by atoms with Gasteiger partial charge in [-0.2, -0.15) is 0 Å². The van der Waals surface area contributed by atoms with E-state index in [0.29, 0.717) is 25.4 Å². The van der Waals surface area contributed by atoms with Crippen LogP contribution in [0.25, 0.3) is 0 Å². The summed E-state index contributed by atoms with van der Waals surface area (Å²) in [6.45, 7) is 7.39. The summed E-state index contributed by atoms with van der Waals surface area (Å²) >= 11 is 0. The van der Waals surface area contributed by atoms with Gasteiger partial charge in [0.05, 0.1) is 5.60 Å². The molecule has 0 aromatic rings. The molecule has 1 saturated carbocycles. The molecule has 2 fully saturated rings. The molecule has 1 saturated heterocycles. The van der Waals surface area contributed by atoms with E-state index in [0.717, 1.165) is 12.8 Å². The summed E-state index contributed by atoms with van der Waals surface area (Å²) in [6, 6.07) is 0. The van der Waals surface area contributed by atoms with Crippen LogP contribution >= 0.6 is 0 Å². The molecule has 2 rings (SSSR count). The van der Waals surface area contributed by atoms with E-state index in [4.69, 9.17) is 0 Å². The molecule has 0 unspecified atom stereocenters. The molecule has 16 heavy (non-hydrogen) atoms. The molecule has 0 spiro atoms. The Morgan fingerprint density at radius 1 is 1.31 bits per heavy atom. The zero-order chi connectivity index (χ0) is 12.0. The zero-order valence-electron chi connectivity index (χ0n) is 10.6. The van der Waals surface area contributed by atoms with Gasteiger partial charge < -0.3 is 10.0 Å². The van der Waals surface area contributed by atoms with Gasteiger partial charge in [0, 0.05) is 24.4 Å². The fourth-order valence-electron chi connectivity index (χ4n) is 2.52. The van der Waals surface area contributed by atoms with Crippen molar-refractivity contribution < 1.29 is 9.90 Å². The van der Waals surface area contributed by atoms with Crippen LogP contribution in [0.2, 0.25) is 0 Å². The first kappa shape index (κ1) is 11.9. The number of piperidine rings is 1. The lowest BCUT2D eigenvalue weighted by molar-refractivity contribution is -0.153. The van der Waals surface area contributed by atoms with Gasteiger partial charge in [-0.3, -0.25) is 4.79 Å². The molecule has 1 heterocycles. The molecule has 3 nitrogen and oxygen atoms in total. The highest BCUT2D eigenvalue weighted by molar-refractivity contribution is 5.79. The largest absolute Gasteiger partial charge is 0.389 e. The van der Waals surface area contributed by atoms with Gasteiger partial charge >= 0.3 is 0 Å². The zero-order valence-corrected chi connectivity index (χ0v) is 10.6. The Hall–Kier alpha value is -0.570. The molecule has 2 aliphatic rings. The standard InChI is InChI=1S/C13H23NO2/c1-12(2)9-14(8-7-13(12,3)16)11(15)10-5-4-6-10/h10,16H,4-9H2,1-3H3/t13-/m1/s1. The van der Waals surface area contributed by atoms with E-state index in [2.05, 4.69) is 0 Å². The summed E-state index contributed by atoms with van der Waals surface area (Å²) in [5, 5.41) is 10.3. The second kappa shape index (κ2) is 3.73. The Bertz CT molecular complexity index is 292. The van der Waals surface area contributed by atoms with Crippen molar-refractivity contribution >= 4 is 5.91 Å². The van der Waals surface area contributed by atoms with Crippen LogP contribution < -0.4 is 0 Å². The summed E-state index contributed by atoms with van der Waals surface area (Å²) in [7, 11) is 0. The number of carbonyl (C=O) groups is 1. The number of likely N-dealkylation sites (tertiary alicyclic amines) is 1. The third-order valence-corrected chi connectivity index (χ3v) is 4.68. The predicted molar refractivity (Wildman–Crippen MR) is 62.9 cm³/mol. The first-order chi connectivity index (χ1) is 7.33. The van der Waals surface area contributed by atoms with Crippen molar-refractivity contribution in [3.8, 4) is 0 Å². The number of carbonyl (C=O) groups excluding carboxylic acids is 1. The second-order valence-electron chi connectivity index (χ2n) is 6.30. The van der Waals surface area contributed by atoms with Crippen LogP contribution in [0.3, 0.4) is 0 Å². The van der Waals surface area contributed by atoms with Gasteiger partial charge in [-0.25, -0.2) is 0 Å². The van der Waals surface area contributed by atoms with Crippen LogP contribution in [0, 0.1) is 11.3 Å². The Morgan fingerprint density at radius 2 is 1.94 bits per heavy atom. The Balaban J connectivity index is 2.02. The summed E-state index contributed by atoms with van der Waals surface area (Å²) in [5.74, 6) is 0.591. The van der Waals surface area contributed by atoms with E-state index in [1.54, 1.807) is 0 Å².